The molecule has 0 radical (unpaired) electrons. The molecule has 1 heterocycles. The number of aromatic nitrogens is 2. The van der Waals surface area contributed by atoms with Crippen molar-refractivity contribution in [2.24, 2.45) is 5.41 Å². The van der Waals surface area contributed by atoms with Crippen molar-refractivity contribution in [2.45, 2.75) is 50.9 Å². The normalized spacial score (nSPS) is 20.8. The van der Waals surface area contributed by atoms with Crippen LogP contribution in [0.1, 0.15) is 56.8 Å². The van der Waals surface area contributed by atoms with Crippen molar-refractivity contribution < 1.29 is 19.1 Å². The summed E-state index contributed by atoms with van der Waals surface area (Å²) in [4.78, 5) is 23.4. The molecule has 2 aliphatic carbocycles. The summed E-state index contributed by atoms with van der Waals surface area (Å²) in [6.07, 6.45) is 4.84. The fourth-order valence-electron chi connectivity index (χ4n) is 2.77. The van der Waals surface area contributed by atoms with Crippen LogP contribution in [0, 0.1) is 5.41 Å². The predicted molar refractivity (Wildman–Crippen MR) is 68.1 cm³/mol. The quantitative estimate of drug-likeness (QED) is 0.853. The number of hydrogen-bond donors (Lipinski definition) is 2. The number of nitrogens with one attached hydrogen (secondary N) is 1. The topological polar surface area (TPSA) is 105 Å². The second kappa shape index (κ2) is 4.88. The van der Waals surface area contributed by atoms with Crippen LogP contribution < -0.4 is 5.32 Å². The number of carbonyl (C=O) groups is 2. The number of carbonyl (C=O) groups excluding carboxylic acids is 1. The van der Waals surface area contributed by atoms with Crippen LogP contribution in [0.2, 0.25) is 0 Å². The molecule has 20 heavy (non-hydrogen) atoms. The fourth-order valence-corrected chi connectivity index (χ4v) is 2.77. The monoisotopic (exact) mass is 279 g/mol. The molecular weight excluding hydrogens is 262 g/mol. The summed E-state index contributed by atoms with van der Waals surface area (Å²) >= 11 is 0. The van der Waals surface area contributed by atoms with E-state index in [0.717, 1.165) is 25.7 Å². The van der Waals surface area contributed by atoms with Gasteiger partial charge < -0.3 is 9.52 Å². The van der Waals surface area contributed by atoms with Gasteiger partial charge in [0.2, 0.25) is 11.8 Å². The maximum Gasteiger partial charge on any atom is 0.322 e. The first-order valence-electron chi connectivity index (χ1n) is 6.96. The van der Waals surface area contributed by atoms with E-state index in [1.807, 2.05) is 0 Å². The van der Waals surface area contributed by atoms with Crippen LogP contribution in [0.15, 0.2) is 4.42 Å². The van der Waals surface area contributed by atoms with Crippen molar-refractivity contribution in [1.82, 2.24) is 10.2 Å². The van der Waals surface area contributed by atoms with Gasteiger partial charge in [-0.2, -0.15) is 0 Å². The zero-order valence-corrected chi connectivity index (χ0v) is 11.1. The number of rotatable bonds is 5. The lowest BCUT2D eigenvalue weighted by Crippen LogP contribution is -2.32. The zero-order chi connectivity index (χ0) is 14.2. The average molecular weight is 279 g/mol. The smallest absolute Gasteiger partial charge is 0.322 e. The Morgan fingerprint density at radius 2 is 2.00 bits per heavy atom. The zero-order valence-electron chi connectivity index (χ0n) is 11.1. The van der Waals surface area contributed by atoms with E-state index < -0.39 is 11.4 Å². The molecule has 2 saturated carbocycles. The molecule has 108 valence electrons. The molecule has 0 atom stereocenters. The van der Waals surface area contributed by atoms with Gasteiger partial charge in [-0.3, -0.25) is 14.9 Å². The minimum atomic E-state index is -0.927. The van der Waals surface area contributed by atoms with Crippen molar-refractivity contribution in [1.29, 1.82) is 0 Å². The first-order valence-corrected chi connectivity index (χ1v) is 6.96. The molecule has 0 aliphatic heterocycles. The summed E-state index contributed by atoms with van der Waals surface area (Å²) in [5.74, 6) is -0.392. The molecule has 2 fully saturated rings. The maximum absolute atomic E-state index is 12.0. The summed E-state index contributed by atoms with van der Waals surface area (Å²) in [5, 5.41) is 19.5. The minimum absolute atomic E-state index is 0.0382. The Morgan fingerprint density at radius 3 is 2.60 bits per heavy atom. The lowest BCUT2D eigenvalue weighted by atomic mass is 9.82. The van der Waals surface area contributed by atoms with Gasteiger partial charge in [0.15, 0.2) is 0 Å². The number of carboxylic acid groups (broad SMARTS) is 1. The van der Waals surface area contributed by atoms with E-state index in [0.29, 0.717) is 24.7 Å². The highest BCUT2D eigenvalue weighted by Crippen LogP contribution is 2.42. The van der Waals surface area contributed by atoms with Gasteiger partial charge in [0.25, 0.3) is 0 Å². The van der Waals surface area contributed by atoms with Gasteiger partial charge in [-0.15, -0.1) is 5.10 Å². The molecule has 2 aliphatic rings. The maximum atomic E-state index is 12.0. The summed E-state index contributed by atoms with van der Waals surface area (Å²) in [7, 11) is 0. The molecule has 1 aromatic rings. The summed E-state index contributed by atoms with van der Waals surface area (Å²) in [6.45, 7) is 0. The Hall–Kier alpha value is -1.92. The van der Waals surface area contributed by atoms with Crippen LogP contribution >= 0.6 is 0 Å². The van der Waals surface area contributed by atoms with E-state index in [4.69, 9.17) is 4.42 Å². The second-order valence-corrected chi connectivity index (χ2v) is 5.74. The SMILES string of the molecule is O=C(CC1(C(=O)O)CCCC1)Nc1nnc(C2CC2)o1. The van der Waals surface area contributed by atoms with Crippen molar-refractivity contribution >= 4 is 17.9 Å². The predicted octanol–water partition coefficient (Wildman–Crippen LogP) is 1.92. The van der Waals surface area contributed by atoms with Gasteiger partial charge in [0.05, 0.1) is 5.41 Å². The molecule has 7 nitrogen and oxygen atoms in total. The lowest BCUT2D eigenvalue weighted by molar-refractivity contribution is -0.150. The molecule has 1 aromatic heterocycles. The van der Waals surface area contributed by atoms with Crippen LogP contribution in [-0.4, -0.2) is 27.2 Å². The third-order valence-corrected chi connectivity index (χ3v) is 4.13. The number of nitrogens with zero attached hydrogens (tertiary/aromatic N) is 2. The van der Waals surface area contributed by atoms with Gasteiger partial charge in [-0.1, -0.05) is 17.9 Å². The van der Waals surface area contributed by atoms with Crippen LogP contribution in [-0.2, 0) is 9.59 Å². The van der Waals surface area contributed by atoms with Crippen LogP contribution in [0.5, 0.6) is 0 Å². The number of amides is 1. The Morgan fingerprint density at radius 1 is 1.30 bits per heavy atom. The third-order valence-electron chi connectivity index (χ3n) is 4.13. The summed E-state index contributed by atoms with van der Waals surface area (Å²) in [6, 6.07) is 0.0652. The van der Waals surface area contributed by atoms with E-state index in [-0.39, 0.29) is 18.3 Å². The highest BCUT2D eigenvalue weighted by atomic mass is 16.4. The Kier molecular flexibility index (Phi) is 3.19. The molecule has 0 aromatic carbocycles. The minimum Gasteiger partial charge on any atom is -0.481 e. The van der Waals surface area contributed by atoms with Gasteiger partial charge in [-0.25, -0.2) is 0 Å². The lowest BCUT2D eigenvalue weighted by Gasteiger charge is -2.22. The standard InChI is InChI=1S/C13H17N3O4/c17-9(7-13(11(18)19)5-1-2-6-13)14-12-16-15-10(20-12)8-3-4-8/h8H,1-7H2,(H,18,19)(H,14,16,17). The third kappa shape index (κ3) is 2.52. The summed E-state index contributed by atoms with van der Waals surface area (Å²) < 4.78 is 5.33. The van der Waals surface area contributed by atoms with Gasteiger partial charge in [-0.05, 0) is 25.7 Å². The van der Waals surface area contributed by atoms with Crippen molar-refractivity contribution in [3.63, 3.8) is 0 Å². The molecule has 7 heteroatoms. The largest absolute Gasteiger partial charge is 0.481 e. The Bertz CT molecular complexity index is 529. The van der Waals surface area contributed by atoms with E-state index in [1.165, 1.54) is 0 Å². The molecule has 3 rings (SSSR count). The Balaban J connectivity index is 1.61. The first kappa shape index (κ1) is 13.1. The average Bonchev–Trinajstić information content (AvgIpc) is 2.96. The first-order chi connectivity index (χ1) is 9.59. The molecule has 2 N–H and O–H groups in total. The molecule has 0 unspecified atom stereocenters. The molecule has 1 amide bonds. The Labute approximate surface area is 115 Å². The van der Waals surface area contributed by atoms with E-state index in [2.05, 4.69) is 15.5 Å². The number of hydrogen-bond acceptors (Lipinski definition) is 5. The number of carboxylic acids is 1. The van der Waals surface area contributed by atoms with E-state index in [9.17, 15) is 14.7 Å². The van der Waals surface area contributed by atoms with Gasteiger partial charge >= 0.3 is 12.0 Å². The van der Waals surface area contributed by atoms with Crippen LogP contribution in [0.4, 0.5) is 6.01 Å². The molecule has 0 bridgehead atoms. The number of anilines is 1. The van der Waals surface area contributed by atoms with Gasteiger partial charge in [0, 0.05) is 12.3 Å². The van der Waals surface area contributed by atoms with Crippen LogP contribution in [0.3, 0.4) is 0 Å². The highest BCUT2D eigenvalue weighted by molar-refractivity contribution is 5.92. The van der Waals surface area contributed by atoms with Crippen molar-refractivity contribution in [3.05, 3.63) is 5.89 Å². The van der Waals surface area contributed by atoms with Crippen molar-refractivity contribution in [2.75, 3.05) is 5.32 Å². The second-order valence-electron chi connectivity index (χ2n) is 5.74. The molecule has 0 saturated heterocycles. The van der Waals surface area contributed by atoms with Gasteiger partial charge in [0.1, 0.15) is 0 Å². The summed E-state index contributed by atoms with van der Waals surface area (Å²) in [5.41, 5.74) is -0.927. The highest BCUT2D eigenvalue weighted by Gasteiger charge is 2.43. The molecular formula is C13H17N3O4. The van der Waals surface area contributed by atoms with Crippen molar-refractivity contribution in [3.8, 4) is 0 Å². The van der Waals surface area contributed by atoms with Crippen LogP contribution in [0.25, 0.3) is 0 Å². The van der Waals surface area contributed by atoms with E-state index in [1.54, 1.807) is 0 Å². The number of aliphatic carboxylic acids is 1. The fraction of sp³-hybridized carbons (Fsp3) is 0.692. The van der Waals surface area contributed by atoms with E-state index >= 15 is 0 Å². The molecule has 0 spiro atoms.